The van der Waals surface area contributed by atoms with E-state index in [-0.39, 0.29) is 89.1 Å². The van der Waals surface area contributed by atoms with Crippen LogP contribution < -0.4 is 75.3 Å². The standard InChI is InChI=1S/C26H35N7O4S.C25H27F2N5O4S.C25H27FN4O4S.C24H27N5O5S/c1-6-17(2)16-37-22-11-13-33(30-22)21-10-9-19(24(29-21)32-15-18(3)14-26(32,4)5)25(34)31-38(35,36)20-8-7-12-28-23(20)27;1-14-12-25(2,3)32(13-14)23-16(24(33)31-37(34,35)20-6-5-9-29-22(20)28)7-8-19(30-23)15-10-17(26)21(36-4)18(27)11-15;1-15-13-25(3,4)30(14-15)22-18(8-10-20(28-22)17-7-9-19(26)16(2)12-17)23(31)29-35(33,34)21-6-5-11-27-24(21)32;1-15-13-24(2,3)29(14-15)20-17(9-10-18(27-20)16-7-5-12-26-23(16)34-4)21(30)28-35(32,33)19-8-6-11-25-22(19)31/h7-13,17-18H,6,14-16H2,1-5H3,(H2,27,28)(H,31,34);5-11,14H,12-13H2,1-4H3,(H2,28,29)(H,31,33);5-12,15H,13-14H2,1-4H3,(H,27,32)(H,29,31);5-12,15H,13-14H2,1-4H3,(H,25,31)(H,28,30)/t17?,18-;14-;2*15-/m0000/s1. The minimum Gasteiger partial charge on any atom is -0.491 e. The number of hydrogen-bond donors (Lipinski definition) is 8. The van der Waals surface area contributed by atoms with Crippen molar-refractivity contribution >= 4 is 98.6 Å². The van der Waals surface area contributed by atoms with Crippen molar-refractivity contribution in [2.45, 2.75) is 178 Å². The SMILES string of the molecule is CCC(C)COc1ccn(-c2ccc(C(=O)NS(=O)(=O)c3cccnc3N)c(N3C[C@@H](C)CC3(C)C)n2)n1.COc1c(F)cc(-c2ccc(C(=O)NS(=O)(=O)c3cccnc3N)c(N3C[C@@H](C)CC3(C)C)n2)cc1F.COc1ncccc1-c1ccc(C(=O)NS(=O)(=O)c2ccc[nH]c2=O)c(N2C[C@@H](C)CC2(C)C)n1.Cc1cc(-c2ccc(C(=O)NS(=O)(=O)c3ccc[nH]c3=O)c(N3C[C@@H](C)CC3(C)C)n2)ccc1F. The van der Waals surface area contributed by atoms with E-state index in [4.69, 9.17) is 40.6 Å². The summed E-state index contributed by atoms with van der Waals surface area (Å²) in [6.07, 6.45) is 13.1. The summed E-state index contributed by atoms with van der Waals surface area (Å²) in [6, 6.07) is 34.7. The molecule has 4 aliphatic heterocycles. The van der Waals surface area contributed by atoms with E-state index in [1.807, 2.05) is 67.5 Å². The molecule has 0 aliphatic carbocycles. The number of nitrogens with two attached hydrogens (primary N) is 2. The number of aryl methyl sites for hydroxylation is 1. The molecule has 5 atom stereocenters. The van der Waals surface area contributed by atoms with Crippen LogP contribution in [0.2, 0.25) is 0 Å². The molecule has 4 amide bonds. The number of hydrogen-bond acceptors (Lipinski definition) is 31. The van der Waals surface area contributed by atoms with Crippen LogP contribution in [0.4, 0.5) is 48.1 Å². The fourth-order valence-corrected chi connectivity index (χ4v) is 22.6. The first kappa shape index (κ1) is 108. The van der Waals surface area contributed by atoms with E-state index in [9.17, 15) is 75.6 Å². The number of carbonyl (C=O) groups is 4. The number of nitrogens with one attached hydrogen (secondary N) is 6. The van der Waals surface area contributed by atoms with Gasteiger partial charge in [0.1, 0.15) is 50.5 Å². The van der Waals surface area contributed by atoms with Gasteiger partial charge in [-0.05, 0) is 263 Å². The number of methoxy groups -OCH3 is 2. The predicted octanol–water partition coefficient (Wildman–Crippen LogP) is 13.4. The van der Waals surface area contributed by atoms with E-state index in [2.05, 4.69) is 109 Å². The number of carbonyl (C=O) groups excluding carboxylic acids is 4. The summed E-state index contributed by atoms with van der Waals surface area (Å²) in [6.45, 7) is 33.6. The molecule has 1 unspecified atom stereocenters. The van der Waals surface area contributed by atoms with Crippen LogP contribution in [0, 0.1) is 54.0 Å². The number of amides is 4. The highest BCUT2D eigenvalue weighted by molar-refractivity contribution is 7.91. The van der Waals surface area contributed by atoms with Gasteiger partial charge in [0, 0.05) is 103 Å². The summed E-state index contributed by atoms with van der Waals surface area (Å²) < 4.78 is 171. The zero-order valence-corrected chi connectivity index (χ0v) is 86.2. The average Bonchev–Trinajstić information content (AvgIpc) is 1.70. The van der Waals surface area contributed by atoms with Gasteiger partial charge in [0.25, 0.3) is 74.8 Å². The largest absolute Gasteiger partial charge is 0.491 e. The zero-order valence-electron chi connectivity index (χ0n) is 83.0. The highest BCUT2D eigenvalue weighted by atomic mass is 32.2. The summed E-state index contributed by atoms with van der Waals surface area (Å²) in [7, 11) is -14.8. The molecule has 4 aliphatic rings. The van der Waals surface area contributed by atoms with Crippen molar-refractivity contribution < 1.29 is 80.2 Å². The van der Waals surface area contributed by atoms with Crippen molar-refractivity contribution in [1.29, 1.82) is 0 Å². The number of anilines is 6. The van der Waals surface area contributed by atoms with Gasteiger partial charge in [-0.25, -0.2) is 105 Å². The third kappa shape index (κ3) is 24.3. The molecule has 4 saturated heterocycles. The van der Waals surface area contributed by atoms with Gasteiger partial charge in [-0.2, -0.15) is 0 Å². The number of halogens is 3. The fraction of sp³-hybridized carbons (Fsp3) is 0.360. The molecule has 38 nitrogen and oxygen atoms in total. The molecule has 0 radical (unpaired) electrons. The monoisotopic (exact) mass is 2070 g/mol. The number of sulfonamides is 4. The van der Waals surface area contributed by atoms with Crippen LogP contribution in [0.5, 0.6) is 17.5 Å². The quantitative estimate of drug-likeness (QED) is 0.0250. The second kappa shape index (κ2) is 43.1. The highest BCUT2D eigenvalue weighted by Gasteiger charge is 2.45. The van der Waals surface area contributed by atoms with E-state index >= 15 is 0 Å². The maximum Gasteiger partial charge on any atom is 0.269 e. The molecule has 12 aromatic rings. The smallest absolute Gasteiger partial charge is 0.269 e. The molecule has 0 spiro atoms. The molecule has 768 valence electrons. The second-order valence-corrected chi connectivity index (χ2v) is 45.4. The van der Waals surface area contributed by atoms with Gasteiger partial charge in [0.05, 0.1) is 65.7 Å². The number of pyridine rings is 9. The topological polar surface area (TPSA) is 519 Å². The van der Waals surface area contributed by atoms with E-state index in [0.717, 1.165) is 63.5 Å². The Morgan fingerprint density at radius 1 is 0.462 bits per heavy atom. The summed E-state index contributed by atoms with van der Waals surface area (Å²) in [5, 5.41) is 4.49. The lowest BCUT2D eigenvalue weighted by atomic mass is 9.97. The van der Waals surface area contributed by atoms with Crippen LogP contribution in [0.15, 0.2) is 212 Å². The number of H-pyrrole nitrogens is 2. The van der Waals surface area contributed by atoms with Crippen molar-refractivity contribution in [2.24, 2.45) is 29.6 Å². The molecule has 4 fully saturated rings. The van der Waals surface area contributed by atoms with Gasteiger partial charge in [0.15, 0.2) is 33.0 Å². The first-order chi connectivity index (χ1) is 68.2. The van der Waals surface area contributed by atoms with E-state index in [1.165, 1.54) is 98.6 Å². The van der Waals surface area contributed by atoms with Crippen molar-refractivity contribution in [2.75, 3.05) is 78.1 Å². The van der Waals surface area contributed by atoms with Crippen molar-refractivity contribution in [3.05, 3.63) is 249 Å². The van der Waals surface area contributed by atoms with E-state index in [1.54, 1.807) is 72.5 Å². The molecule has 0 saturated carbocycles. The van der Waals surface area contributed by atoms with Crippen molar-refractivity contribution in [3.63, 3.8) is 0 Å². The van der Waals surface area contributed by atoms with Gasteiger partial charge in [-0.15, -0.1) is 5.10 Å². The third-order valence-corrected chi connectivity index (χ3v) is 30.7. The van der Waals surface area contributed by atoms with Gasteiger partial charge in [-0.3, -0.25) is 28.8 Å². The molecule has 16 rings (SSSR count). The Labute approximate surface area is 838 Å². The van der Waals surface area contributed by atoms with Crippen LogP contribution in [0.25, 0.3) is 39.6 Å². The highest BCUT2D eigenvalue weighted by Crippen LogP contribution is 2.45. The lowest BCUT2D eigenvalue weighted by Gasteiger charge is -2.34. The fourth-order valence-electron chi connectivity index (χ4n) is 18.5. The zero-order chi connectivity index (χ0) is 106. The van der Waals surface area contributed by atoms with Crippen LogP contribution in [0.1, 0.15) is 176 Å². The minimum absolute atomic E-state index is 0.0218. The molecule has 45 heteroatoms. The molecule has 10 N–H and O–H groups in total. The molecule has 14 heterocycles. The Balaban J connectivity index is 0.000000162. The normalized spacial score (nSPS) is 17.4. The molecule has 145 heavy (non-hydrogen) atoms. The van der Waals surface area contributed by atoms with Gasteiger partial charge < -0.3 is 55.2 Å². The second-order valence-electron chi connectivity index (χ2n) is 38.8. The van der Waals surface area contributed by atoms with E-state index < -0.39 is 108 Å². The molecule has 0 bridgehead atoms. The van der Waals surface area contributed by atoms with E-state index in [0.29, 0.717) is 120 Å². The number of benzene rings is 2. The lowest BCUT2D eigenvalue weighted by Crippen LogP contribution is -2.41. The number of nitrogens with zero attached hydrogens (tertiary/aromatic N) is 13. The first-order valence-corrected chi connectivity index (χ1v) is 52.3. The van der Waals surface area contributed by atoms with Gasteiger partial charge in [-0.1, -0.05) is 48.0 Å². The Morgan fingerprint density at radius 3 is 1.21 bits per heavy atom. The van der Waals surface area contributed by atoms with Crippen molar-refractivity contribution in [1.82, 2.24) is 73.5 Å². The Morgan fingerprint density at radius 2 is 0.834 bits per heavy atom. The number of nitrogen functional groups attached to an aromatic ring is 2. The summed E-state index contributed by atoms with van der Waals surface area (Å²) in [4.78, 5) is 119. The summed E-state index contributed by atoms with van der Waals surface area (Å²) >= 11 is 0. The maximum atomic E-state index is 14.4. The van der Waals surface area contributed by atoms with Gasteiger partial charge >= 0.3 is 0 Å². The first-order valence-electron chi connectivity index (χ1n) is 46.3. The molecular formula is C100H116F3N21O17S4. The average molecular weight is 2070 g/mol. The number of ether oxygens (including phenoxy) is 3. The maximum absolute atomic E-state index is 14.4. The molecule has 10 aromatic heterocycles. The van der Waals surface area contributed by atoms with Crippen LogP contribution in [-0.4, -0.2) is 181 Å². The lowest BCUT2D eigenvalue weighted by molar-refractivity contribution is 0.0972. The Bertz CT molecular complexity index is 7540. The third-order valence-electron chi connectivity index (χ3n) is 25.2. The Kier molecular flexibility index (Phi) is 31.9. The minimum atomic E-state index is -4.42. The number of aromatic amines is 2. The Hall–Kier alpha value is -14.7. The van der Waals surface area contributed by atoms with Crippen molar-refractivity contribution in [3.8, 4) is 57.1 Å². The van der Waals surface area contributed by atoms with Crippen LogP contribution in [0.3, 0.4) is 0 Å². The molecule has 2 aromatic carbocycles. The number of aromatic nitrogens is 11. The van der Waals surface area contributed by atoms with Crippen LogP contribution >= 0.6 is 0 Å². The predicted molar refractivity (Wildman–Crippen MR) is 542 cm³/mol. The molecular weight excluding hydrogens is 1950 g/mol. The summed E-state index contributed by atoms with van der Waals surface area (Å²) in [5.74, 6) is -2.37. The van der Waals surface area contributed by atoms with Crippen LogP contribution in [-0.2, 0) is 40.1 Å². The van der Waals surface area contributed by atoms with Gasteiger partial charge in [0.2, 0.25) is 11.8 Å². The summed E-state index contributed by atoms with van der Waals surface area (Å²) in [5.41, 5.74) is 11.8. The number of rotatable bonds is 26.